The van der Waals surface area contributed by atoms with Crippen LogP contribution in [-0.2, 0) is 0 Å². The van der Waals surface area contributed by atoms with Crippen LogP contribution in [0.4, 0.5) is 4.39 Å². The number of benzene rings is 1. The van der Waals surface area contributed by atoms with E-state index in [4.69, 9.17) is 16.7 Å². The van der Waals surface area contributed by atoms with E-state index in [0.29, 0.717) is 21.6 Å². The number of aryl methyl sites for hydroxylation is 1. The standard InChI is InChI=1S/C11H7BrClFN2O/c1-5-9(12)10(13)16-11(15-5)6-2-3-8(17)7(14)4-6/h2-4,17H,1H3. The fourth-order valence-electron chi connectivity index (χ4n) is 1.30. The van der Waals surface area contributed by atoms with Gasteiger partial charge in [-0.25, -0.2) is 14.4 Å². The summed E-state index contributed by atoms with van der Waals surface area (Å²) in [5.41, 5.74) is 1.12. The van der Waals surface area contributed by atoms with Crippen LogP contribution in [0, 0.1) is 12.7 Å². The smallest absolute Gasteiger partial charge is 0.165 e. The van der Waals surface area contributed by atoms with Gasteiger partial charge >= 0.3 is 0 Å². The zero-order chi connectivity index (χ0) is 12.6. The zero-order valence-electron chi connectivity index (χ0n) is 8.71. The van der Waals surface area contributed by atoms with E-state index in [2.05, 4.69) is 25.9 Å². The van der Waals surface area contributed by atoms with Gasteiger partial charge < -0.3 is 5.11 Å². The van der Waals surface area contributed by atoms with E-state index in [1.54, 1.807) is 6.92 Å². The van der Waals surface area contributed by atoms with Crippen molar-refractivity contribution in [2.75, 3.05) is 0 Å². The minimum atomic E-state index is -0.720. The number of phenols is 1. The predicted octanol–water partition coefficient (Wildman–Crippen LogP) is 3.71. The highest BCUT2D eigenvalue weighted by Crippen LogP contribution is 2.28. The van der Waals surface area contributed by atoms with Gasteiger partial charge in [-0.3, -0.25) is 0 Å². The number of aromatic hydroxyl groups is 1. The molecule has 1 N–H and O–H groups in total. The normalized spacial score (nSPS) is 10.6. The topological polar surface area (TPSA) is 46.0 Å². The van der Waals surface area contributed by atoms with Crippen LogP contribution >= 0.6 is 27.5 Å². The van der Waals surface area contributed by atoms with Crippen molar-refractivity contribution >= 4 is 27.5 Å². The van der Waals surface area contributed by atoms with Gasteiger partial charge in [-0.2, -0.15) is 0 Å². The first-order chi connectivity index (χ1) is 7.99. The Balaban J connectivity index is 2.57. The SMILES string of the molecule is Cc1nc(-c2ccc(O)c(F)c2)nc(Cl)c1Br. The molecular formula is C11H7BrClFN2O. The summed E-state index contributed by atoms with van der Waals surface area (Å²) in [5, 5.41) is 9.36. The first kappa shape index (κ1) is 12.3. The molecule has 0 saturated carbocycles. The molecule has 1 heterocycles. The van der Waals surface area contributed by atoms with Crippen LogP contribution in [0.2, 0.25) is 5.15 Å². The van der Waals surface area contributed by atoms with Crippen LogP contribution in [0.25, 0.3) is 11.4 Å². The van der Waals surface area contributed by atoms with Crippen LogP contribution < -0.4 is 0 Å². The second-order valence-electron chi connectivity index (χ2n) is 3.40. The number of nitrogens with zero attached hydrogens (tertiary/aromatic N) is 2. The Hall–Kier alpha value is -1.20. The van der Waals surface area contributed by atoms with Gasteiger partial charge in [0.2, 0.25) is 0 Å². The number of aromatic nitrogens is 2. The van der Waals surface area contributed by atoms with Crippen molar-refractivity contribution in [3.05, 3.63) is 39.3 Å². The molecule has 0 bridgehead atoms. The fourth-order valence-corrected chi connectivity index (χ4v) is 1.69. The van der Waals surface area contributed by atoms with Crippen molar-refractivity contribution in [2.45, 2.75) is 6.92 Å². The van der Waals surface area contributed by atoms with Crippen molar-refractivity contribution in [1.29, 1.82) is 0 Å². The van der Waals surface area contributed by atoms with Crippen molar-refractivity contribution in [1.82, 2.24) is 9.97 Å². The zero-order valence-corrected chi connectivity index (χ0v) is 11.0. The van der Waals surface area contributed by atoms with Crippen LogP contribution in [0.1, 0.15) is 5.69 Å². The maximum Gasteiger partial charge on any atom is 0.165 e. The summed E-state index contributed by atoms with van der Waals surface area (Å²) < 4.78 is 13.8. The molecule has 0 unspecified atom stereocenters. The summed E-state index contributed by atoms with van der Waals surface area (Å²) >= 11 is 9.14. The van der Waals surface area contributed by atoms with Gasteiger partial charge in [0, 0.05) is 5.56 Å². The van der Waals surface area contributed by atoms with Gasteiger partial charge in [0.15, 0.2) is 17.4 Å². The van der Waals surface area contributed by atoms with Crippen molar-refractivity contribution in [3.63, 3.8) is 0 Å². The van der Waals surface area contributed by atoms with Gasteiger partial charge in [-0.15, -0.1) is 0 Å². The average molecular weight is 318 g/mol. The lowest BCUT2D eigenvalue weighted by Gasteiger charge is -2.05. The number of phenolic OH excluding ortho intramolecular Hbond substituents is 1. The highest BCUT2D eigenvalue weighted by Gasteiger charge is 2.11. The minimum absolute atomic E-state index is 0.265. The lowest BCUT2D eigenvalue weighted by Crippen LogP contribution is -1.94. The molecule has 88 valence electrons. The summed E-state index contributed by atoms with van der Waals surface area (Å²) in [5.74, 6) is -0.814. The molecule has 0 aliphatic carbocycles. The lowest BCUT2D eigenvalue weighted by atomic mass is 10.2. The molecule has 0 atom stereocenters. The van der Waals surface area contributed by atoms with E-state index < -0.39 is 11.6 Å². The summed E-state index contributed by atoms with van der Waals surface area (Å²) in [6, 6.07) is 3.94. The van der Waals surface area contributed by atoms with Gasteiger partial charge in [-0.05, 0) is 41.1 Å². The summed E-state index contributed by atoms with van der Waals surface area (Å²) in [4.78, 5) is 8.22. The molecule has 2 aromatic rings. The summed E-state index contributed by atoms with van der Waals surface area (Å²) in [6.45, 7) is 1.76. The highest BCUT2D eigenvalue weighted by molar-refractivity contribution is 9.10. The first-order valence-corrected chi connectivity index (χ1v) is 5.84. The van der Waals surface area contributed by atoms with E-state index in [1.165, 1.54) is 12.1 Å². The molecule has 0 saturated heterocycles. The van der Waals surface area contributed by atoms with Gasteiger partial charge in [0.05, 0.1) is 10.2 Å². The molecule has 1 aromatic carbocycles. The molecule has 1 aromatic heterocycles. The molecule has 3 nitrogen and oxygen atoms in total. The largest absolute Gasteiger partial charge is 0.505 e. The molecule has 0 amide bonds. The summed E-state index contributed by atoms with van der Waals surface area (Å²) in [6.07, 6.45) is 0. The number of hydrogen-bond acceptors (Lipinski definition) is 3. The van der Waals surface area contributed by atoms with E-state index in [1.807, 2.05) is 0 Å². The Morgan fingerprint density at radius 3 is 2.65 bits per heavy atom. The molecule has 0 radical (unpaired) electrons. The molecule has 2 rings (SSSR count). The van der Waals surface area contributed by atoms with Crippen LogP contribution in [0.5, 0.6) is 5.75 Å². The van der Waals surface area contributed by atoms with Crippen molar-refractivity contribution in [2.24, 2.45) is 0 Å². The Morgan fingerprint density at radius 1 is 1.35 bits per heavy atom. The van der Waals surface area contributed by atoms with Crippen LogP contribution in [0.15, 0.2) is 22.7 Å². The number of halogens is 3. The van der Waals surface area contributed by atoms with Crippen molar-refractivity contribution < 1.29 is 9.50 Å². The lowest BCUT2D eigenvalue weighted by molar-refractivity contribution is 0.432. The monoisotopic (exact) mass is 316 g/mol. The predicted molar refractivity (Wildman–Crippen MR) is 66.5 cm³/mol. The molecule has 0 fully saturated rings. The Kier molecular flexibility index (Phi) is 3.31. The Bertz CT molecular complexity index is 569. The van der Waals surface area contributed by atoms with Gasteiger partial charge in [0.1, 0.15) is 5.15 Å². The van der Waals surface area contributed by atoms with Crippen molar-refractivity contribution in [3.8, 4) is 17.1 Å². The van der Waals surface area contributed by atoms with Gasteiger partial charge in [-0.1, -0.05) is 11.6 Å². The maximum atomic E-state index is 13.2. The highest BCUT2D eigenvalue weighted by atomic mass is 79.9. The second-order valence-corrected chi connectivity index (χ2v) is 4.55. The second kappa shape index (κ2) is 4.58. The number of hydrogen-bond donors (Lipinski definition) is 1. The molecule has 17 heavy (non-hydrogen) atoms. The van der Waals surface area contributed by atoms with E-state index >= 15 is 0 Å². The maximum absolute atomic E-state index is 13.2. The van der Waals surface area contributed by atoms with Gasteiger partial charge in [0.25, 0.3) is 0 Å². The minimum Gasteiger partial charge on any atom is -0.505 e. The van der Waals surface area contributed by atoms with Crippen LogP contribution in [-0.4, -0.2) is 15.1 Å². The molecule has 0 aliphatic heterocycles. The van der Waals surface area contributed by atoms with Crippen LogP contribution in [0.3, 0.4) is 0 Å². The van der Waals surface area contributed by atoms with E-state index in [9.17, 15) is 4.39 Å². The third-order valence-electron chi connectivity index (χ3n) is 2.18. The first-order valence-electron chi connectivity index (χ1n) is 4.67. The number of rotatable bonds is 1. The molecular weight excluding hydrogens is 310 g/mol. The quantitative estimate of drug-likeness (QED) is 0.816. The summed E-state index contributed by atoms with van der Waals surface area (Å²) in [7, 11) is 0. The third kappa shape index (κ3) is 2.40. The fraction of sp³-hybridized carbons (Fsp3) is 0.0909. The average Bonchev–Trinajstić information content (AvgIpc) is 2.29. The third-order valence-corrected chi connectivity index (χ3v) is 3.63. The van der Waals surface area contributed by atoms with E-state index in [0.717, 1.165) is 6.07 Å². The molecule has 0 aliphatic rings. The Labute approximate surface area is 110 Å². The Morgan fingerprint density at radius 2 is 2.06 bits per heavy atom. The molecule has 0 spiro atoms. The molecule has 6 heteroatoms. The van der Waals surface area contributed by atoms with E-state index in [-0.39, 0.29) is 5.15 Å².